The van der Waals surface area contributed by atoms with E-state index in [1.54, 1.807) is 32.8 Å². The molecule has 2 atom stereocenters. The number of aryl methyl sites for hydroxylation is 2. The zero-order chi connectivity index (χ0) is 47.9. The minimum atomic E-state index is -2.79. The van der Waals surface area contributed by atoms with Crippen LogP contribution in [0.4, 0.5) is 43.3 Å². The Bertz CT molecular complexity index is 2760. The van der Waals surface area contributed by atoms with Crippen LogP contribution >= 0.6 is 23.1 Å². The topological polar surface area (TPSA) is 161 Å². The number of piperidine rings is 2. The molecule has 3 aromatic carbocycles. The van der Waals surface area contributed by atoms with Gasteiger partial charge in [-0.25, -0.2) is 23.7 Å². The minimum Gasteiger partial charge on any atom is -0.494 e. The maximum absolute atomic E-state index is 15.3. The molecule has 6 heterocycles. The first-order chi connectivity index (χ1) is 32.7. The Kier molecular flexibility index (Phi) is 14.0. The lowest BCUT2D eigenvalue weighted by molar-refractivity contribution is -0.134. The number of imide groups is 1. The molecule has 3 N–H and O–H groups in total. The van der Waals surface area contributed by atoms with Gasteiger partial charge in [0.05, 0.1) is 34.4 Å². The molecule has 0 spiro atoms. The molecule has 0 saturated carbocycles. The van der Waals surface area contributed by atoms with Gasteiger partial charge in [0.15, 0.2) is 0 Å². The first-order valence-corrected chi connectivity index (χ1v) is 27.0. The number of rotatable bonds is 13. The van der Waals surface area contributed by atoms with E-state index < -0.39 is 36.5 Å². The van der Waals surface area contributed by atoms with Gasteiger partial charge in [-0.2, -0.15) is 4.98 Å². The van der Waals surface area contributed by atoms with Gasteiger partial charge < -0.3 is 29.7 Å². The molecule has 19 heteroatoms. The highest BCUT2D eigenvalue weighted by Crippen LogP contribution is 2.43. The van der Waals surface area contributed by atoms with Crippen LogP contribution in [-0.4, -0.2) is 126 Å². The van der Waals surface area contributed by atoms with Crippen molar-refractivity contribution in [3.8, 4) is 5.75 Å². The Morgan fingerprint density at radius 3 is 2.18 bits per heavy atom. The lowest BCUT2D eigenvalue weighted by Gasteiger charge is -2.44. The number of methoxy groups -OCH3 is 1. The average Bonchev–Trinajstić information content (AvgIpc) is 3.83. The van der Waals surface area contributed by atoms with Crippen LogP contribution < -0.4 is 35.8 Å². The molecule has 15 nitrogen and oxygen atoms in total. The highest BCUT2D eigenvalue weighted by atomic mass is 79.9. The van der Waals surface area contributed by atoms with E-state index in [0.717, 1.165) is 93.1 Å². The monoisotopic (exact) mass is 1010 g/mol. The van der Waals surface area contributed by atoms with E-state index in [1.165, 1.54) is 17.7 Å². The lowest BCUT2D eigenvalue weighted by atomic mass is 9.89. The van der Waals surface area contributed by atoms with Gasteiger partial charge in [0.1, 0.15) is 36.2 Å². The summed E-state index contributed by atoms with van der Waals surface area (Å²) in [5.41, 5.74) is 4.75. The summed E-state index contributed by atoms with van der Waals surface area (Å²) in [6.45, 7) is 14.7. The standard InChI is InChI=1S/C49H59BrF2N11O4P/c1-6-29-22-40(57-49-54-27-35(50)47(59-49)56-39-10-9-38-34(46(39)68(4,5)66)26-53-43(7-2)55-38)42(67-3)25-41(29)62-15-12-30(13-16-62)60-18-20-61(21-19-60)31-14-17-63(28-31)32-23-36(51)45(37(52)24-32)33-8-11-44(64)58-48(33)65/h9-10,22-27,30-31,33H,6-8,11-21,28H2,1-5H3,(H,58,64,65)(H2,54,56,57,59)/t31-,33?/m0/s1. The number of aromatic nitrogens is 4. The largest absolute Gasteiger partial charge is 0.494 e. The molecule has 360 valence electrons. The fourth-order valence-corrected chi connectivity index (χ4v) is 12.2. The van der Waals surface area contributed by atoms with Gasteiger partial charge in [-0.05, 0) is 97.3 Å². The van der Waals surface area contributed by atoms with Crippen LogP contribution in [0.3, 0.4) is 0 Å². The second-order valence-corrected chi connectivity index (χ2v) is 22.6. The summed E-state index contributed by atoms with van der Waals surface area (Å²) >= 11 is 3.61. The Labute approximate surface area is 404 Å². The van der Waals surface area contributed by atoms with E-state index in [2.05, 4.69) is 80.6 Å². The van der Waals surface area contributed by atoms with Gasteiger partial charge in [0.2, 0.25) is 17.8 Å². The van der Waals surface area contributed by atoms with Crippen molar-refractivity contribution < 1.29 is 27.7 Å². The van der Waals surface area contributed by atoms with Crippen LogP contribution in [0.15, 0.2) is 53.3 Å². The van der Waals surface area contributed by atoms with Crippen LogP contribution in [0, 0.1) is 11.6 Å². The average molecular weight is 1010 g/mol. The van der Waals surface area contributed by atoms with E-state index in [9.17, 15) is 14.2 Å². The predicted octanol–water partition coefficient (Wildman–Crippen LogP) is 7.71. The second-order valence-electron chi connectivity index (χ2n) is 18.6. The Hall–Kier alpha value is -5.29. The van der Waals surface area contributed by atoms with E-state index in [0.29, 0.717) is 70.3 Å². The van der Waals surface area contributed by atoms with Gasteiger partial charge in [0.25, 0.3) is 0 Å². The SMILES string of the molecule is CCc1ncc2c(P(C)(C)=O)c(Nc3nc(Nc4cc(CC)c(N5CCC(N6CCN([C@H]7CCN(c8cc(F)c(C9CCC(=O)NC9=O)c(F)c8)C7)CC6)CC5)cc4OC)ncc3Br)ccc2n1. The third-order valence-electron chi connectivity index (χ3n) is 14.0. The van der Waals surface area contributed by atoms with Crippen LogP contribution in [0.1, 0.15) is 68.8 Å². The van der Waals surface area contributed by atoms with Gasteiger partial charge >= 0.3 is 0 Å². The number of hydrogen-bond acceptors (Lipinski definition) is 14. The van der Waals surface area contributed by atoms with Crippen LogP contribution in [0.2, 0.25) is 0 Å². The number of piperazine rings is 1. The van der Waals surface area contributed by atoms with Crippen molar-refractivity contribution in [3.05, 3.63) is 81.9 Å². The predicted molar refractivity (Wildman–Crippen MR) is 267 cm³/mol. The summed E-state index contributed by atoms with van der Waals surface area (Å²) < 4.78 is 51.0. The van der Waals surface area contributed by atoms with Crippen molar-refractivity contribution in [2.75, 3.05) is 93.2 Å². The molecule has 9 rings (SSSR count). The number of halogens is 3. The first-order valence-electron chi connectivity index (χ1n) is 23.6. The maximum Gasteiger partial charge on any atom is 0.234 e. The van der Waals surface area contributed by atoms with Crippen molar-refractivity contribution in [1.29, 1.82) is 0 Å². The number of ether oxygens (including phenoxy) is 1. The molecule has 2 aromatic heterocycles. The Morgan fingerprint density at radius 1 is 0.824 bits per heavy atom. The van der Waals surface area contributed by atoms with Gasteiger partial charge in [-0.3, -0.25) is 24.7 Å². The number of hydrogen-bond donors (Lipinski definition) is 3. The first kappa shape index (κ1) is 47.8. The molecule has 0 bridgehead atoms. The number of nitrogens with one attached hydrogen (secondary N) is 3. The molecule has 0 radical (unpaired) electrons. The number of amides is 2. The van der Waals surface area contributed by atoms with E-state index in [-0.39, 0.29) is 18.4 Å². The summed E-state index contributed by atoms with van der Waals surface area (Å²) in [6, 6.07) is 11.5. The van der Waals surface area contributed by atoms with Crippen molar-refractivity contribution in [1.82, 2.24) is 35.1 Å². The molecule has 2 amide bonds. The molecule has 4 saturated heterocycles. The zero-order valence-corrected chi connectivity index (χ0v) is 41.7. The van der Waals surface area contributed by atoms with Crippen LogP contribution in [-0.2, 0) is 27.0 Å². The third-order valence-corrected chi connectivity index (χ3v) is 16.2. The zero-order valence-electron chi connectivity index (χ0n) is 39.2. The maximum atomic E-state index is 15.3. The van der Waals surface area contributed by atoms with E-state index in [1.807, 2.05) is 24.0 Å². The fraction of sp³-hybridized carbons (Fsp3) is 0.469. The van der Waals surface area contributed by atoms with E-state index in [4.69, 9.17) is 9.72 Å². The molecule has 4 fully saturated rings. The normalized spacial score (nSPS) is 20.0. The number of nitrogens with zero attached hydrogens (tertiary/aromatic N) is 8. The second kappa shape index (κ2) is 20.0. The molecular weight excluding hydrogens is 955 g/mol. The summed E-state index contributed by atoms with van der Waals surface area (Å²) in [5, 5.41) is 10.4. The Balaban J connectivity index is 0.806. The highest BCUT2D eigenvalue weighted by molar-refractivity contribution is 9.10. The summed E-state index contributed by atoms with van der Waals surface area (Å²) in [7, 11) is -1.12. The molecule has 0 aliphatic carbocycles. The number of carbonyl (C=O) groups is 2. The molecule has 4 aliphatic rings. The number of benzene rings is 3. The van der Waals surface area contributed by atoms with Crippen molar-refractivity contribution in [2.45, 2.75) is 76.8 Å². The molecule has 1 unspecified atom stereocenters. The summed E-state index contributed by atoms with van der Waals surface area (Å²) in [5.74, 6) is -1.26. The molecular formula is C49H59BrF2N11O4P. The van der Waals surface area contributed by atoms with Crippen molar-refractivity contribution in [2.24, 2.45) is 0 Å². The Morgan fingerprint density at radius 2 is 1.51 bits per heavy atom. The smallest absolute Gasteiger partial charge is 0.234 e. The van der Waals surface area contributed by atoms with Gasteiger partial charge in [-0.1, -0.05) is 13.8 Å². The van der Waals surface area contributed by atoms with Crippen molar-refractivity contribution in [3.63, 3.8) is 0 Å². The molecule has 68 heavy (non-hydrogen) atoms. The van der Waals surface area contributed by atoms with Gasteiger partial charge in [0, 0.05) is 123 Å². The van der Waals surface area contributed by atoms with Crippen molar-refractivity contribution >= 4 is 85.6 Å². The third kappa shape index (κ3) is 9.92. The van der Waals surface area contributed by atoms with Crippen LogP contribution in [0.25, 0.3) is 10.9 Å². The van der Waals surface area contributed by atoms with Crippen LogP contribution in [0.5, 0.6) is 5.75 Å². The summed E-state index contributed by atoms with van der Waals surface area (Å²) in [6.07, 6.45) is 8.14. The quantitative estimate of drug-likeness (QED) is 0.0777. The lowest BCUT2D eigenvalue weighted by Crippen LogP contribution is -2.55. The highest BCUT2D eigenvalue weighted by Gasteiger charge is 2.36. The minimum absolute atomic E-state index is 0.0614. The summed E-state index contributed by atoms with van der Waals surface area (Å²) in [4.78, 5) is 52.2. The van der Waals surface area contributed by atoms with E-state index >= 15 is 8.78 Å². The molecule has 5 aromatic rings. The number of fused-ring (bicyclic) bond motifs is 1. The molecule has 4 aliphatic heterocycles. The number of carbonyl (C=O) groups excluding carboxylic acids is 2. The number of anilines is 6. The van der Waals surface area contributed by atoms with Gasteiger partial charge in [-0.15, -0.1) is 0 Å². The fourth-order valence-electron chi connectivity index (χ4n) is 10.5.